The summed E-state index contributed by atoms with van der Waals surface area (Å²) in [5.41, 5.74) is 3.51. The molecule has 0 amide bonds. The number of pyridine rings is 1. The number of fused-ring (bicyclic) bond motifs is 1. The summed E-state index contributed by atoms with van der Waals surface area (Å²) in [6.07, 6.45) is 3.02. The highest BCUT2D eigenvalue weighted by atomic mass is 16.5. The van der Waals surface area contributed by atoms with Crippen molar-refractivity contribution in [3.63, 3.8) is 0 Å². The first-order valence-corrected chi connectivity index (χ1v) is 11.2. The molecule has 0 fully saturated rings. The van der Waals surface area contributed by atoms with Crippen LogP contribution < -0.4 is 10.3 Å². The van der Waals surface area contributed by atoms with Crippen molar-refractivity contribution in [3.8, 4) is 5.75 Å². The first-order valence-electron chi connectivity index (χ1n) is 11.2. The van der Waals surface area contributed by atoms with Crippen molar-refractivity contribution in [2.75, 3.05) is 6.61 Å². The summed E-state index contributed by atoms with van der Waals surface area (Å²) in [6, 6.07) is 20.0. The number of ether oxygens (including phenoxy) is 1. The van der Waals surface area contributed by atoms with E-state index in [0.717, 1.165) is 40.7 Å². The normalized spacial score (nSPS) is 12.1. The number of nitrogens with zero attached hydrogens (tertiary/aromatic N) is 1. The zero-order chi connectivity index (χ0) is 23.2. The van der Waals surface area contributed by atoms with E-state index in [-0.39, 0.29) is 17.9 Å². The Labute approximate surface area is 192 Å². The second-order valence-corrected chi connectivity index (χ2v) is 8.27. The highest BCUT2D eigenvalue weighted by Crippen LogP contribution is 2.19. The Morgan fingerprint density at radius 2 is 1.91 bits per heavy atom. The minimum absolute atomic E-state index is 0.144. The summed E-state index contributed by atoms with van der Waals surface area (Å²) in [7, 11) is 0. The molecule has 0 saturated heterocycles. The lowest BCUT2D eigenvalue weighted by Crippen LogP contribution is -2.22. The average molecular weight is 445 g/mol. The van der Waals surface area contributed by atoms with E-state index in [4.69, 9.17) is 4.74 Å². The number of carbonyl (C=O) groups is 1. The number of benzene rings is 2. The molecule has 4 rings (SSSR count). The van der Waals surface area contributed by atoms with Gasteiger partial charge in [-0.1, -0.05) is 30.3 Å². The second kappa shape index (κ2) is 10.3. The number of aromatic amines is 1. The Morgan fingerprint density at radius 1 is 1.09 bits per heavy atom. The maximum absolute atomic E-state index is 12.3. The molecule has 1 atom stereocenters. The van der Waals surface area contributed by atoms with E-state index < -0.39 is 6.10 Å². The van der Waals surface area contributed by atoms with Gasteiger partial charge in [-0.05, 0) is 49.2 Å². The number of Topliss-reactive ketones (excluding diaryl/α,β-unsaturated/α-hetero) is 1. The molecule has 0 bridgehead atoms. The van der Waals surface area contributed by atoms with Crippen LogP contribution in [0.1, 0.15) is 34.5 Å². The number of nitrogens with one attached hydrogen (secondary N) is 1. The molecule has 2 N–H and O–H groups in total. The second-order valence-electron chi connectivity index (χ2n) is 8.27. The first-order chi connectivity index (χ1) is 16.0. The molecule has 0 aliphatic heterocycles. The standard InChI is InChI=1S/C27H28N2O4/c1-19-13-15-29(14-5-8-26(31)20-6-3-2-4-7-20)25(19)17-22(30)18-33-23-10-11-24-21(16-23)9-12-27(32)28-24/h2-4,6-7,9-13,15-16,22,30H,5,8,14,17-18H2,1H3,(H,28,32). The average Bonchev–Trinajstić information content (AvgIpc) is 3.17. The van der Waals surface area contributed by atoms with Crippen LogP contribution in [0.3, 0.4) is 0 Å². The number of aliphatic hydroxyl groups excluding tert-OH is 1. The number of hydrogen-bond donors (Lipinski definition) is 2. The summed E-state index contributed by atoms with van der Waals surface area (Å²) in [4.78, 5) is 26.5. The molecule has 33 heavy (non-hydrogen) atoms. The number of aromatic nitrogens is 2. The fourth-order valence-electron chi connectivity index (χ4n) is 3.98. The Bertz CT molecular complexity index is 1290. The Hall–Kier alpha value is -3.64. The van der Waals surface area contributed by atoms with Gasteiger partial charge < -0.3 is 19.4 Å². The largest absolute Gasteiger partial charge is 0.491 e. The SMILES string of the molecule is Cc1ccn(CCCC(=O)c2ccccc2)c1CC(O)COc1ccc2[nH]c(=O)ccc2c1. The van der Waals surface area contributed by atoms with Crippen LogP contribution in [-0.2, 0) is 13.0 Å². The van der Waals surface area contributed by atoms with Gasteiger partial charge in [-0.25, -0.2) is 0 Å². The van der Waals surface area contributed by atoms with Gasteiger partial charge >= 0.3 is 0 Å². The van der Waals surface area contributed by atoms with Crippen LogP contribution in [-0.4, -0.2) is 33.2 Å². The molecule has 6 heteroatoms. The van der Waals surface area contributed by atoms with E-state index in [9.17, 15) is 14.7 Å². The molecule has 2 heterocycles. The van der Waals surface area contributed by atoms with Crippen LogP contribution in [0.4, 0.5) is 0 Å². The van der Waals surface area contributed by atoms with Gasteiger partial charge in [-0.3, -0.25) is 9.59 Å². The maximum Gasteiger partial charge on any atom is 0.248 e. The molecule has 6 nitrogen and oxygen atoms in total. The molecule has 0 radical (unpaired) electrons. The topological polar surface area (TPSA) is 84.3 Å². The van der Waals surface area contributed by atoms with E-state index in [2.05, 4.69) is 9.55 Å². The third kappa shape index (κ3) is 5.79. The molecule has 2 aromatic heterocycles. The van der Waals surface area contributed by atoms with Crippen molar-refractivity contribution in [2.24, 2.45) is 0 Å². The maximum atomic E-state index is 12.3. The zero-order valence-electron chi connectivity index (χ0n) is 18.7. The molecule has 0 saturated carbocycles. The minimum Gasteiger partial charge on any atom is -0.491 e. The zero-order valence-corrected chi connectivity index (χ0v) is 18.7. The number of ketones is 1. The van der Waals surface area contributed by atoms with Gasteiger partial charge in [0.2, 0.25) is 5.56 Å². The fourth-order valence-corrected chi connectivity index (χ4v) is 3.98. The fraction of sp³-hybridized carbons (Fsp3) is 0.259. The van der Waals surface area contributed by atoms with Crippen LogP contribution in [0.15, 0.2) is 77.7 Å². The highest BCUT2D eigenvalue weighted by molar-refractivity contribution is 5.95. The van der Waals surface area contributed by atoms with E-state index in [1.165, 1.54) is 6.07 Å². The lowest BCUT2D eigenvalue weighted by molar-refractivity contribution is 0.0976. The van der Waals surface area contributed by atoms with Crippen molar-refractivity contribution in [1.82, 2.24) is 9.55 Å². The van der Waals surface area contributed by atoms with Gasteiger partial charge in [0, 0.05) is 53.8 Å². The molecule has 2 aromatic carbocycles. The number of rotatable bonds is 10. The number of aryl methyl sites for hydroxylation is 2. The van der Waals surface area contributed by atoms with Gasteiger partial charge in [0.05, 0.1) is 6.10 Å². The number of carbonyl (C=O) groups excluding carboxylic acids is 1. The van der Waals surface area contributed by atoms with Crippen molar-refractivity contribution < 1.29 is 14.6 Å². The molecular formula is C27H28N2O4. The lowest BCUT2D eigenvalue weighted by atomic mass is 10.1. The molecule has 0 aliphatic rings. The summed E-state index contributed by atoms with van der Waals surface area (Å²) in [6.45, 7) is 2.91. The van der Waals surface area contributed by atoms with Crippen LogP contribution >= 0.6 is 0 Å². The summed E-state index contributed by atoms with van der Waals surface area (Å²) >= 11 is 0. The van der Waals surface area contributed by atoms with E-state index >= 15 is 0 Å². The van der Waals surface area contributed by atoms with Crippen LogP contribution in [0.2, 0.25) is 0 Å². The molecule has 0 aliphatic carbocycles. The summed E-state index contributed by atoms with van der Waals surface area (Å²) < 4.78 is 7.91. The quantitative estimate of drug-likeness (QED) is 0.358. The molecule has 4 aromatic rings. The molecule has 0 spiro atoms. The van der Waals surface area contributed by atoms with Crippen LogP contribution in [0, 0.1) is 6.92 Å². The first kappa shape index (κ1) is 22.6. The van der Waals surface area contributed by atoms with Crippen LogP contribution in [0.25, 0.3) is 10.9 Å². The lowest BCUT2D eigenvalue weighted by Gasteiger charge is -2.16. The minimum atomic E-state index is -0.672. The Balaban J connectivity index is 1.31. The van der Waals surface area contributed by atoms with Crippen molar-refractivity contribution in [1.29, 1.82) is 0 Å². The van der Waals surface area contributed by atoms with E-state index in [1.807, 2.05) is 55.6 Å². The van der Waals surface area contributed by atoms with Gasteiger partial charge in [0.15, 0.2) is 5.78 Å². The highest BCUT2D eigenvalue weighted by Gasteiger charge is 2.14. The third-order valence-corrected chi connectivity index (χ3v) is 5.77. The smallest absolute Gasteiger partial charge is 0.248 e. The number of hydrogen-bond acceptors (Lipinski definition) is 4. The third-order valence-electron chi connectivity index (χ3n) is 5.77. The summed E-state index contributed by atoms with van der Waals surface area (Å²) in [5.74, 6) is 0.786. The van der Waals surface area contributed by atoms with Gasteiger partial charge in [-0.15, -0.1) is 0 Å². The van der Waals surface area contributed by atoms with Crippen molar-refractivity contribution in [3.05, 3.63) is 100 Å². The molecule has 170 valence electrons. The van der Waals surface area contributed by atoms with Gasteiger partial charge in [0.1, 0.15) is 12.4 Å². The van der Waals surface area contributed by atoms with Gasteiger partial charge in [-0.2, -0.15) is 0 Å². The van der Waals surface area contributed by atoms with Crippen LogP contribution in [0.5, 0.6) is 5.75 Å². The van der Waals surface area contributed by atoms with E-state index in [1.54, 1.807) is 18.2 Å². The Morgan fingerprint density at radius 3 is 2.73 bits per heavy atom. The van der Waals surface area contributed by atoms with Gasteiger partial charge in [0.25, 0.3) is 0 Å². The van der Waals surface area contributed by atoms with E-state index in [0.29, 0.717) is 18.6 Å². The number of aliphatic hydroxyl groups is 1. The molecular weight excluding hydrogens is 416 g/mol. The molecule has 1 unspecified atom stereocenters. The summed E-state index contributed by atoms with van der Waals surface area (Å²) in [5, 5.41) is 11.5. The van der Waals surface area contributed by atoms with Crippen molar-refractivity contribution >= 4 is 16.7 Å². The predicted molar refractivity (Wildman–Crippen MR) is 129 cm³/mol. The van der Waals surface area contributed by atoms with Crippen molar-refractivity contribution in [2.45, 2.75) is 38.8 Å². The number of H-pyrrole nitrogens is 1. The Kier molecular flexibility index (Phi) is 7.05. The monoisotopic (exact) mass is 444 g/mol. The predicted octanol–water partition coefficient (Wildman–Crippen LogP) is 4.28.